The maximum absolute atomic E-state index is 12.6. The van der Waals surface area contributed by atoms with Crippen molar-refractivity contribution in [1.29, 1.82) is 0 Å². The molecule has 4 unspecified atom stereocenters. The predicted molar refractivity (Wildman–Crippen MR) is 320 cm³/mol. The zero-order valence-electron chi connectivity index (χ0n) is 48.9. The summed E-state index contributed by atoms with van der Waals surface area (Å²) in [5, 5.41) is 44.0. The maximum atomic E-state index is 12.6. The van der Waals surface area contributed by atoms with Crippen LogP contribution in [0.25, 0.3) is 0 Å². The van der Waals surface area contributed by atoms with E-state index in [0.29, 0.717) is 19.3 Å². The number of aliphatic hydroxyl groups excluding tert-OH is 4. The van der Waals surface area contributed by atoms with Crippen LogP contribution in [0, 0.1) is 0 Å². The molecule has 0 aromatic heterocycles. The van der Waals surface area contributed by atoms with Crippen LogP contribution in [0.4, 0.5) is 0 Å². The Morgan fingerprint density at radius 3 is 0.863 bits per heavy atom. The molecular formula is C67H127NO5. The smallest absolute Gasteiger partial charge is 0.249 e. The number of carbonyl (C=O) groups is 1. The first-order valence-corrected chi connectivity index (χ1v) is 32.5. The molecule has 0 bridgehead atoms. The van der Waals surface area contributed by atoms with E-state index in [1.807, 2.05) is 0 Å². The Morgan fingerprint density at radius 2 is 0.575 bits per heavy atom. The number of hydrogen-bond donors (Lipinski definition) is 5. The van der Waals surface area contributed by atoms with Crippen molar-refractivity contribution in [3.63, 3.8) is 0 Å². The highest BCUT2D eigenvalue weighted by molar-refractivity contribution is 5.80. The van der Waals surface area contributed by atoms with Gasteiger partial charge in [-0.3, -0.25) is 4.79 Å². The fourth-order valence-electron chi connectivity index (χ4n) is 10.1. The van der Waals surface area contributed by atoms with Crippen molar-refractivity contribution in [3.8, 4) is 0 Å². The zero-order valence-corrected chi connectivity index (χ0v) is 48.9. The second-order valence-electron chi connectivity index (χ2n) is 22.4. The van der Waals surface area contributed by atoms with E-state index in [9.17, 15) is 25.2 Å². The van der Waals surface area contributed by atoms with Crippen molar-refractivity contribution >= 4 is 5.91 Å². The molecule has 0 aromatic carbocycles. The molecule has 0 saturated heterocycles. The Labute approximate surface area is 455 Å². The molecular weight excluding hydrogens is 899 g/mol. The first kappa shape index (κ1) is 71.3. The molecule has 430 valence electrons. The Kier molecular flexibility index (Phi) is 59.7. The van der Waals surface area contributed by atoms with Gasteiger partial charge in [-0.05, 0) is 89.9 Å². The van der Waals surface area contributed by atoms with Crippen molar-refractivity contribution in [2.24, 2.45) is 0 Å². The van der Waals surface area contributed by atoms with Gasteiger partial charge in [0.2, 0.25) is 5.91 Å². The Bertz CT molecular complexity index is 1200. The summed E-state index contributed by atoms with van der Waals surface area (Å²) in [6.07, 6.45) is 79.4. The number of rotatable bonds is 60. The lowest BCUT2D eigenvalue weighted by Crippen LogP contribution is -2.53. The van der Waals surface area contributed by atoms with Crippen molar-refractivity contribution in [2.45, 2.75) is 366 Å². The molecule has 0 aromatic rings. The third-order valence-corrected chi connectivity index (χ3v) is 15.2. The number of allylic oxidation sites excluding steroid dienone is 8. The van der Waals surface area contributed by atoms with E-state index in [4.69, 9.17) is 0 Å². The minimum Gasteiger partial charge on any atom is -0.394 e. The maximum Gasteiger partial charge on any atom is 0.249 e. The van der Waals surface area contributed by atoms with Gasteiger partial charge in [0.15, 0.2) is 0 Å². The minimum atomic E-state index is -1.30. The molecule has 0 rings (SSSR count). The van der Waals surface area contributed by atoms with Gasteiger partial charge in [-0.25, -0.2) is 0 Å². The summed E-state index contributed by atoms with van der Waals surface area (Å²) >= 11 is 0. The van der Waals surface area contributed by atoms with Crippen LogP contribution in [0.2, 0.25) is 0 Å². The average Bonchev–Trinajstić information content (AvgIpc) is 3.40. The molecule has 0 aliphatic rings. The van der Waals surface area contributed by atoms with Gasteiger partial charge in [-0.15, -0.1) is 0 Å². The van der Waals surface area contributed by atoms with Gasteiger partial charge in [0, 0.05) is 0 Å². The predicted octanol–water partition coefficient (Wildman–Crippen LogP) is 19.7. The first-order chi connectivity index (χ1) is 36.0. The van der Waals surface area contributed by atoms with E-state index in [0.717, 1.165) is 51.4 Å². The molecule has 73 heavy (non-hydrogen) atoms. The van der Waals surface area contributed by atoms with Gasteiger partial charge in [0.1, 0.15) is 12.2 Å². The molecule has 4 atom stereocenters. The Hall–Kier alpha value is -1.73. The first-order valence-electron chi connectivity index (χ1n) is 32.5. The lowest BCUT2D eigenvalue weighted by Gasteiger charge is -2.27. The van der Waals surface area contributed by atoms with E-state index < -0.39 is 36.9 Å². The van der Waals surface area contributed by atoms with Gasteiger partial charge in [0.25, 0.3) is 0 Å². The lowest BCUT2D eigenvalue weighted by molar-refractivity contribution is -0.132. The summed E-state index contributed by atoms with van der Waals surface area (Å²) in [4.78, 5) is 12.6. The normalized spacial score (nSPS) is 13.9. The largest absolute Gasteiger partial charge is 0.394 e. The number of hydrogen-bond acceptors (Lipinski definition) is 5. The van der Waals surface area contributed by atoms with Crippen molar-refractivity contribution < 1.29 is 25.2 Å². The van der Waals surface area contributed by atoms with Crippen LogP contribution in [0.5, 0.6) is 0 Å². The van der Waals surface area contributed by atoms with Crippen LogP contribution in [0.3, 0.4) is 0 Å². The third-order valence-electron chi connectivity index (χ3n) is 15.2. The summed E-state index contributed by atoms with van der Waals surface area (Å²) in [6.45, 7) is 4.07. The van der Waals surface area contributed by atoms with Crippen LogP contribution in [0.15, 0.2) is 48.6 Å². The summed E-state index contributed by atoms with van der Waals surface area (Å²) in [6, 6.07) is -1.01. The third kappa shape index (κ3) is 54.9. The number of unbranched alkanes of at least 4 members (excludes halogenated alkanes) is 43. The quantitative estimate of drug-likeness (QED) is 0.0308. The fraction of sp³-hybridized carbons (Fsp3) is 0.866. The Morgan fingerprint density at radius 1 is 0.329 bits per heavy atom. The van der Waals surface area contributed by atoms with Crippen LogP contribution in [-0.2, 0) is 4.79 Å². The molecule has 0 spiro atoms. The average molecular weight is 1030 g/mol. The fourth-order valence-corrected chi connectivity index (χ4v) is 10.1. The number of amides is 1. The standard InChI is InChI=1S/C67H127NO5/c1-3-5-7-9-11-13-15-17-19-21-23-25-26-27-28-29-30-31-32-33-34-35-36-37-38-39-41-43-45-47-49-51-53-55-57-59-61-65(71)67(73)68-63(62-69)66(72)64(70)60-58-56-54-52-50-48-46-44-42-40-24-22-20-18-16-14-12-10-8-6-4-2/h22,24,31-32,44,46,52,54,63-66,69-72H,3-21,23,25-30,33-43,45,47-51,53,55-62H2,1-2H3,(H,68,73)/b24-22+,32-31-,46-44+,54-52+. The number of nitrogens with one attached hydrogen (secondary N) is 1. The van der Waals surface area contributed by atoms with Crippen LogP contribution >= 0.6 is 0 Å². The van der Waals surface area contributed by atoms with E-state index in [1.54, 1.807) is 0 Å². The minimum absolute atomic E-state index is 0.360. The second kappa shape index (κ2) is 61.1. The van der Waals surface area contributed by atoms with Gasteiger partial charge < -0.3 is 25.7 Å². The highest BCUT2D eigenvalue weighted by Crippen LogP contribution is 2.18. The van der Waals surface area contributed by atoms with Gasteiger partial charge in [0.05, 0.1) is 18.8 Å². The molecule has 0 heterocycles. The summed E-state index contributed by atoms with van der Waals surface area (Å²) in [7, 11) is 0. The summed E-state index contributed by atoms with van der Waals surface area (Å²) in [5.74, 6) is -0.596. The molecule has 0 aliphatic carbocycles. The van der Waals surface area contributed by atoms with E-state index in [2.05, 4.69) is 67.8 Å². The van der Waals surface area contributed by atoms with Gasteiger partial charge in [-0.1, -0.05) is 300 Å². The molecule has 5 N–H and O–H groups in total. The summed E-state index contributed by atoms with van der Waals surface area (Å²) in [5.41, 5.74) is 0. The van der Waals surface area contributed by atoms with Crippen molar-refractivity contribution in [2.75, 3.05) is 6.61 Å². The highest BCUT2D eigenvalue weighted by Gasteiger charge is 2.28. The SMILES string of the molecule is CCCCCCCCCC/C=C/CC/C=C/CC/C=C/CCCC(O)C(O)C(CO)NC(=O)C(O)CCCCCCCCCCCCCCCCCC/C=C\CCCCCCCCCCCCCCCCCC. The summed E-state index contributed by atoms with van der Waals surface area (Å²) < 4.78 is 0. The number of aliphatic hydroxyl groups is 4. The van der Waals surface area contributed by atoms with Crippen molar-refractivity contribution in [1.82, 2.24) is 5.32 Å². The molecule has 0 radical (unpaired) electrons. The van der Waals surface area contributed by atoms with Gasteiger partial charge in [-0.2, -0.15) is 0 Å². The topological polar surface area (TPSA) is 110 Å². The van der Waals surface area contributed by atoms with E-state index >= 15 is 0 Å². The van der Waals surface area contributed by atoms with E-state index in [-0.39, 0.29) is 0 Å². The number of carbonyl (C=O) groups excluding carboxylic acids is 1. The van der Waals surface area contributed by atoms with E-state index in [1.165, 1.54) is 257 Å². The zero-order chi connectivity index (χ0) is 53.0. The van der Waals surface area contributed by atoms with Crippen LogP contribution in [-0.4, -0.2) is 57.3 Å². The van der Waals surface area contributed by atoms with Crippen LogP contribution in [0.1, 0.15) is 341 Å². The highest BCUT2D eigenvalue weighted by atomic mass is 16.3. The van der Waals surface area contributed by atoms with Gasteiger partial charge >= 0.3 is 0 Å². The molecule has 6 heteroatoms. The molecule has 0 saturated carbocycles. The monoisotopic (exact) mass is 1030 g/mol. The molecule has 6 nitrogen and oxygen atoms in total. The molecule has 0 aliphatic heterocycles. The second-order valence-corrected chi connectivity index (χ2v) is 22.4. The lowest BCUT2D eigenvalue weighted by atomic mass is 10.00. The molecule has 1 amide bonds. The van der Waals surface area contributed by atoms with Crippen LogP contribution < -0.4 is 5.32 Å². The Balaban J connectivity index is 3.59. The van der Waals surface area contributed by atoms with Crippen molar-refractivity contribution in [3.05, 3.63) is 48.6 Å². The molecule has 0 fully saturated rings.